The number of amides is 2. The number of fused-ring (bicyclic) bond motifs is 1. The number of Topliss-reactive ketones (excluding diaryl/α,β-unsaturated/α-hetero) is 1. The Labute approximate surface area is 111 Å². The predicted molar refractivity (Wildman–Crippen MR) is 76.2 cm³/mol. The van der Waals surface area contributed by atoms with Crippen LogP contribution in [-0.4, -0.2) is 17.9 Å². The fraction of sp³-hybridized carbons (Fsp3) is 0.200. The van der Waals surface area contributed by atoms with Gasteiger partial charge in [-0.05, 0) is 25.3 Å². The van der Waals surface area contributed by atoms with Crippen molar-refractivity contribution in [1.29, 1.82) is 0 Å². The van der Waals surface area contributed by atoms with Crippen molar-refractivity contribution in [3.63, 3.8) is 0 Å². The molecular formula is C15H16N2O2. The third-order valence-corrected chi connectivity index (χ3v) is 3.00. The molecule has 0 bridgehead atoms. The number of nitrogens with one attached hydrogen (secondary N) is 2. The molecule has 1 unspecified atom stereocenters. The largest absolute Gasteiger partial charge is 0.328 e. The van der Waals surface area contributed by atoms with E-state index < -0.39 is 6.04 Å². The molecule has 0 saturated carbocycles. The van der Waals surface area contributed by atoms with Gasteiger partial charge in [0.05, 0.1) is 11.7 Å². The number of carbonyl (C=O) groups excluding carboxylic acids is 2. The van der Waals surface area contributed by atoms with Gasteiger partial charge in [0.1, 0.15) is 0 Å². The zero-order valence-electron chi connectivity index (χ0n) is 10.9. The number of carbonyl (C=O) groups is 2. The minimum absolute atomic E-state index is 0.0759. The summed E-state index contributed by atoms with van der Waals surface area (Å²) in [5, 5.41) is 7.38. The second kappa shape index (κ2) is 5.52. The lowest BCUT2D eigenvalue weighted by Crippen LogP contribution is -2.40. The Morgan fingerprint density at radius 3 is 2.47 bits per heavy atom. The van der Waals surface area contributed by atoms with Crippen molar-refractivity contribution >= 4 is 28.3 Å². The van der Waals surface area contributed by atoms with Crippen LogP contribution in [0, 0.1) is 0 Å². The van der Waals surface area contributed by atoms with Crippen LogP contribution in [-0.2, 0) is 4.79 Å². The number of benzene rings is 2. The fourth-order valence-corrected chi connectivity index (χ4v) is 1.79. The third-order valence-electron chi connectivity index (χ3n) is 3.00. The van der Waals surface area contributed by atoms with Crippen LogP contribution in [0.5, 0.6) is 0 Å². The summed E-state index contributed by atoms with van der Waals surface area (Å²) in [5.74, 6) is -0.0759. The smallest absolute Gasteiger partial charge is 0.319 e. The lowest BCUT2D eigenvalue weighted by atomic mass is 10.1. The molecule has 0 aliphatic carbocycles. The lowest BCUT2D eigenvalue weighted by molar-refractivity contribution is -0.118. The number of urea groups is 1. The molecule has 4 nitrogen and oxygen atoms in total. The molecule has 0 saturated heterocycles. The maximum atomic E-state index is 11.8. The number of hydrogen-bond donors (Lipinski definition) is 2. The van der Waals surface area contributed by atoms with Crippen molar-refractivity contribution < 1.29 is 9.59 Å². The first-order chi connectivity index (χ1) is 9.08. The Kier molecular flexibility index (Phi) is 3.80. The van der Waals surface area contributed by atoms with Crippen LogP contribution in [0.1, 0.15) is 13.8 Å². The van der Waals surface area contributed by atoms with Gasteiger partial charge in [0.2, 0.25) is 0 Å². The second-order valence-corrected chi connectivity index (χ2v) is 4.46. The van der Waals surface area contributed by atoms with Gasteiger partial charge in [0, 0.05) is 5.39 Å². The first-order valence-electron chi connectivity index (χ1n) is 6.13. The summed E-state index contributed by atoms with van der Waals surface area (Å²) >= 11 is 0. The van der Waals surface area contributed by atoms with Crippen molar-refractivity contribution in [3.8, 4) is 0 Å². The van der Waals surface area contributed by atoms with Crippen molar-refractivity contribution in [2.75, 3.05) is 5.32 Å². The van der Waals surface area contributed by atoms with E-state index >= 15 is 0 Å². The number of anilines is 1. The summed E-state index contributed by atoms with van der Waals surface area (Å²) in [7, 11) is 0. The monoisotopic (exact) mass is 256 g/mol. The summed E-state index contributed by atoms with van der Waals surface area (Å²) < 4.78 is 0. The van der Waals surface area contributed by atoms with Crippen LogP contribution < -0.4 is 10.6 Å². The fourth-order valence-electron chi connectivity index (χ4n) is 1.79. The van der Waals surface area contributed by atoms with Gasteiger partial charge in [-0.1, -0.05) is 36.4 Å². The van der Waals surface area contributed by atoms with Gasteiger partial charge in [-0.15, -0.1) is 0 Å². The van der Waals surface area contributed by atoms with Crippen LogP contribution in [0.15, 0.2) is 42.5 Å². The van der Waals surface area contributed by atoms with E-state index in [0.717, 1.165) is 16.5 Å². The average Bonchev–Trinajstić information content (AvgIpc) is 2.39. The highest BCUT2D eigenvalue weighted by molar-refractivity contribution is 6.02. The molecule has 0 aromatic heterocycles. The topological polar surface area (TPSA) is 58.2 Å². The minimum atomic E-state index is -0.491. The summed E-state index contributed by atoms with van der Waals surface area (Å²) in [6.07, 6.45) is 0. The molecule has 0 spiro atoms. The van der Waals surface area contributed by atoms with E-state index in [1.54, 1.807) is 6.92 Å². The molecule has 2 aromatic carbocycles. The van der Waals surface area contributed by atoms with E-state index in [2.05, 4.69) is 10.6 Å². The summed E-state index contributed by atoms with van der Waals surface area (Å²) in [4.78, 5) is 22.9. The first kappa shape index (κ1) is 13.1. The highest BCUT2D eigenvalue weighted by Gasteiger charge is 2.11. The van der Waals surface area contributed by atoms with Crippen LogP contribution in [0.3, 0.4) is 0 Å². The molecule has 4 heteroatoms. The lowest BCUT2D eigenvalue weighted by Gasteiger charge is -2.13. The molecular weight excluding hydrogens is 240 g/mol. The SMILES string of the molecule is CC(=O)C(C)NC(=O)Nc1cccc2ccccc12. The van der Waals surface area contributed by atoms with E-state index in [1.807, 2.05) is 42.5 Å². The summed E-state index contributed by atoms with van der Waals surface area (Å²) in [5.41, 5.74) is 0.728. The zero-order valence-corrected chi connectivity index (χ0v) is 10.9. The average molecular weight is 256 g/mol. The highest BCUT2D eigenvalue weighted by Crippen LogP contribution is 2.22. The molecule has 98 valence electrons. The number of ketones is 1. The van der Waals surface area contributed by atoms with E-state index in [4.69, 9.17) is 0 Å². The number of rotatable bonds is 3. The quantitative estimate of drug-likeness (QED) is 0.887. The van der Waals surface area contributed by atoms with Gasteiger partial charge in [0.15, 0.2) is 5.78 Å². The normalized spacial score (nSPS) is 11.9. The van der Waals surface area contributed by atoms with Gasteiger partial charge in [-0.3, -0.25) is 4.79 Å². The maximum absolute atomic E-state index is 11.8. The van der Waals surface area contributed by atoms with Gasteiger partial charge < -0.3 is 10.6 Å². The molecule has 2 amide bonds. The molecule has 2 rings (SSSR count). The van der Waals surface area contributed by atoms with Gasteiger partial charge >= 0.3 is 6.03 Å². The van der Waals surface area contributed by atoms with Crippen molar-refractivity contribution in [1.82, 2.24) is 5.32 Å². The van der Waals surface area contributed by atoms with E-state index in [0.29, 0.717) is 0 Å². The van der Waals surface area contributed by atoms with Crippen LogP contribution in [0.2, 0.25) is 0 Å². The molecule has 2 N–H and O–H groups in total. The molecule has 0 aliphatic rings. The van der Waals surface area contributed by atoms with Crippen molar-refractivity contribution in [2.45, 2.75) is 19.9 Å². The molecule has 0 heterocycles. The Balaban J connectivity index is 2.17. The maximum Gasteiger partial charge on any atom is 0.319 e. The minimum Gasteiger partial charge on any atom is -0.328 e. The molecule has 0 radical (unpaired) electrons. The van der Waals surface area contributed by atoms with E-state index in [-0.39, 0.29) is 11.8 Å². The van der Waals surface area contributed by atoms with Crippen LogP contribution >= 0.6 is 0 Å². The van der Waals surface area contributed by atoms with Gasteiger partial charge in [-0.2, -0.15) is 0 Å². The zero-order chi connectivity index (χ0) is 13.8. The van der Waals surface area contributed by atoms with Crippen molar-refractivity contribution in [2.24, 2.45) is 0 Å². The Morgan fingerprint density at radius 1 is 1.05 bits per heavy atom. The van der Waals surface area contributed by atoms with E-state index in [1.165, 1.54) is 6.92 Å². The van der Waals surface area contributed by atoms with Crippen molar-refractivity contribution in [3.05, 3.63) is 42.5 Å². The van der Waals surface area contributed by atoms with Gasteiger partial charge in [0.25, 0.3) is 0 Å². The Hall–Kier alpha value is -2.36. The summed E-state index contributed by atoms with van der Waals surface area (Å²) in [6, 6.07) is 12.6. The molecule has 1 atom stereocenters. The standard InChI is InChI=1S/C15H16N2O2/c1-10(11(2)18)16-15(19)17-14-9-5-7-12-6-3-4-8-13(12)14/h3-10H,1-2H3,(H2,16,17,19). The van der Waals surface area contributed by atoms with Gasteiger partial charge in [-0.25, -0.2) is 4.79 Å². The predicted octanol–water partition coefficient (Wildman–Crippen LogP) is 2.94. The third kappa shape index (κ3) is 3.10. The Bertz CT molecular complexity index is 617. The number of hydrogen-bond acceptors (Lipinski definition) is 2. The van der Waals surface area contributed by atoms with Crippen LogP contribution in [0.25, 0.3) is 10.8 Å². The molecule has 0 fully saturated rings. The van der Waals surface area contributed by atoms with E-state index in [9.17, 15) is 9.59 Å². The molecule has 19 heavy (non-hydrogen) atoms. The Morgan fingerprint density at radius 2 is 1.74 bits per heavy atom. The first-order valence-corrected chi connectivity index (χ1v) is 6.13. The van der Waals surface area contributed by atoms with Crippen LogP contribution in [0.4, 0.5) is 10.5 Å². The highest BCUT2D eigenvalue weighted by atomic mass is 16.2. The molecule has 2 aromatic rings. The summed E-state index contributed by atoms with van der Waals surface area (Å²) in [6.45, 7) is 3.11. The molecule has 0 aliphatic heterocycles. The second-order valence-electron chi connectivity index (χ2n) is 4.46.